The highest BCUT2D eigenvalue weighted by Crippen LogP contribution is 2.38. The summed E-state index contributed by atoms with van der Waals surface area (Å²) in [6, 6.07) is -0.330. The number of halogens is 3. The summed E-state index contributed by atoms with van der Waals surface area (Å²) in [5.41, 5.74) is -2.66. The van der Waals surface area contributed by atoms with Crippen LogP contribution in [0.3, 0.4) is 0 Å². The van der Waals surface area contributed by atoms with Crippen LogP contribution in [0, 0.1) is 5.92 Å². The van der Waals surface area contributed by atoms with Crippen molar-refractivity contribution in [1.82, 2.24) is 15.1 Å². The van der Waals surface area contributed by atoms with Crippen LogP contribution in [-0.4, -0.2) is 72.0 Å². The molecule has 2 N–H and O–H groups in total. The Bertz CT molecular complexity index is 409. The van der Waals surface area contributed by atoms with E-state index in [1.54, 1.807) is 0 Å². The third kappa shape index (κ3) is 4.50. The first kappa shape index (κ1) is 18.3. The van der Waals surface area contributed by atoms with Crippen molar-refractivity contribution in [3.8, 4) is 0 Å². The van der Waals surface area contributed by atoms with Gasteiger partial charge in [-0.2, -0.15) is 13.2 Å². The lowest BCUT2D eigenvalue weighted by molar-refractivity contribution is -0.271. The van der Waals surface area contributed by atoms with Crippen molar-refractivity contribution in [1.29, 1.82) is 0 Å². The van der Waals surface area contributed by atoms with Gasteiger partial charge in [-0.3, -0.25) is 0 Å². The molecular formula is C15H26F3N3O2. The third-order valence-electron chi connectivity index (χ3n) is 4.86. The second-order valence-electron chi connectivity index (χ2n) is 6.66. The van der Waals surface area contributed by atoms with Gasteiger partial charge >= 0.3 is 12.2 Å². The van der Waals surface area contributed by atoms with Crippen molar-refractivity contribution in [2.45, 2.75) is 44.4 Å². The number of amides is 2. The van der Waals surface area contributed by atoms with Crippen LogP contribution in [0.5, 0.6) is 0 Å². The Morgan fingerprint density at radius 2 is 1.96 bits per heavy atom. The quantitative estimate of drug-likeness (QED) is 0.823. The third-order valence-corrected chi connectivity index (χ3v) is 4.86. The molecule has 134 valence electrons. The van der Waals surface area contributed by atoms with E-state index >= 15 is 0 Å². The molecule has 1 atom stereocenters. The lowest BCUT2D eigenvalue weighted by Gasteiger charge is -2.39. The van der Waals surface area contributed by atoms with Gasteiger partial charge in [0.05, 0.1) is 0 Å². The summed E-state index contributed by atoms with van der Waals surface area (Å²) in [6.45, 7) is 5.60. The average molecular weight is 337 g/mol. The zero-order valence-electron chi connectivity index (χ0n) is 13.5. The predicted octanol–water partition coefficient (Wildman–Crippen LogP) is 1.82. The molecule has 2 amide bonds. The minimum Gasteiger partial charge on any atom is -0.380 e. The molecule has 0 aromatic heterocycles. The maximum atomic E-state index is 12.7. The van der Waals surface area contributed by atoms with Crippen molar-refractivity contribution in [3.63, 3.8) is 0 Å². The molecule has 0 aromatic carbocycles. The van der Waals surface area contributed by atoms with E-state index in [0.29, 0.717) is 12.5 Å². The number of hydrogen-bond acceptors (Lipinski definition) is 3. The summed E-state index contributed by atoms with van der Waals surface area (Å²) in [7, 11) is 0. The predicted molar refractivity (Wildman–Crippen MR) is 80.0 cm³/mol. The zero-order valence-corrected chi connectivity index (χ0v) is 13.5. The van der Waals surface area contributed by atoms with Gasteiger partial charge in [-0.1, -0.05) is 6.92 Å². The van der Waals surface area contributed by atoms with Crippen LogP contribution in [0.2, 0.25) is 0 Å². The second kappa shape index (κ2) is 7.25. The summed E-state index contributed by atoms with van der Waals surface area (Å²) in [6.07, 6.45) is -3.42. The van der Waals surface area contributed by atoms with E-state index < -0.39 is 24.6 Å². The SMILES string of the molecule is CCCN1CCC(CNC(=O)N2CCC(O)(C(F)(F)F)CC2)C1. The first-order valence-corrected chi connectivity index (χ1v) is 8.29. The number of hydrogen-bond donors (Lipinski definition) is 2. The van der Waals surface area contributed by atoms with E-state index in [4.69, 9.17) is 0 Å². The molecule has 5 nitrogen and oxygen atoms in total. The van der Waals surface area contributed by atoms with Gasteiger partial charge in [-0.05, 0) is 31.8 Å². The number of piperidine rings is 1. The summed E-state index contributed by atoms with van der Waals surface area (Å²) in [4.78, 5) is 15.8. The van der Waals surface area contributed by atoms with E-state index in [0.717, 1.165) is 32.5 Å². The Morgan fingerprint density at radius 3 is 2.52 bits per heavy atom. The molecule has 8 heteroatoms. The summed E-state index contributed by atoms with van der Waals surface area (Å²) < 4.78 is 38.2. The lowest BCUT2D eigenvalue weighted by Crippen LogP contribution is -2.56. The van der Waals surface area contributed by atoms with E-state index in [-0.39, 0.29) is 19.1 Å². The summed E-state index contributed by atoms with van der Waals surface area (Å²) >= 11 is 0. The molecule has 2 aliphatic rings. The molecule has 0 spiro atoms. The summed E-state index contributed by atoms with van der Waals surface area (Å²) in [5.74, 6) is 0.405. The minimum atomic E-state index is -4.64. The molecular weight excluding hydrogens is 311 g/mol. The van der Waals surface area contributed by atoms with Crippen molar-refractivity contribution in [2.75, 3.05) is 39.3 Å². The Labute approximate surface area is 134 Å². The number of likely N-dealkylation sites (tertiary alicyclic amines) is 2. The topological polar surface area (TPSA) is 55.8 Å². The van der Waals surface area contributed by atoms with Crippen LogP contribution in [0.4, 0.5) is 18.0 Å². The maximum absolute atomic E-state index is 12.7. The number of nitrogens with zero attached hydrogens (tertiary/aromatic N) is 2. The molecule has 1 unspecified atom stereocenters. The van der Waals surface area contributed by atoms with Crippen molar-refractivity contribution >= 4 is 6.03 Å². The van der Waals surface area contributed by atoms with Crippen molar-refractivity contribution < 1.29 is 23.1 Å². The largest absolute Gasteiger partial charge is 0.417 e. The van der Waals surface area contributed by atoms with Crippen LogP contribution >= 0.6 is 0 Å². The molecule has 2 aliphatic heterocycles. The molecule has 0 aliphatic carbocycles. The maximum Gasteiger partial charge on any atom is 0.417 e. The van der Waals surface area contributed by atoms with Crippen molar-refractivity contribution in [2.24, 2.45) is 5.92 Å². The standard InChI is InChI=1S/C15H26F3N3O2/c1-2-6-20-7-3-12(11-20)10-19-13(22)21-8-4-14(23,5-9-21)15(16,17)18/h12,23H,2-11H2,1H3,(H,19,22). The number of alkyl halides is 3. The number of carbonyl (C=O) groups is 1. The van der Waals surface area contributed by atoms with Gasteiger partial charge in [-0.15, -0.1) is 0 Å². The Morgan fingerprint density at radius 1 is 1.30 bits per heavy atom. The van der Waals surface area contributed by atoms with Crippen molar-refractivity contribution in [3.05, 3.63) is 0 Å². The first-order valence-electron chi connectivity index (χ1n) is 8.29. The van der Waals surface area contributed by atoms with E-state index in [2.05, 4.69) is 17.1 Å². The monoisotopic (exact) mass is 337 g/mol. The second-order valence-corrected chi connectivity index (χ2v) is 6.66. The van der Waals surface area contributed by atoms with Crippen LogP contribution in [0.25, 0.3) is 0 Å². The molecule has 2 heterocycles. The van der Waals surface area contributed by atoms with Crippen LogP contribution in [-0.2, 0) is 0 Å². The molecule has 0 saturated carbocycles. The van der Waals surface area contributed by atoms with Gasteiger partial charge in [0.25, 0.3) is 0 Å². The Hall–Kier alpha value is -1.02. The Balaban J connectivity index is 1.72. The van der Waals surface area contributed by atoms with E-state index in [9.17, 15) is 23.1 Å². The molecule has 2 fully saturated rings. The minimum absolute atomic E-state index is 0.0749. The number of nitrogens with one attached hydrogen (secondary N) is 1. The summed E-state index contributed by atoms with van der Waals surface area (Å²) in [5, 5.41) is 12.4. The highest BCUT2D eigenvalue weighted by Gasteiger charge is 2.54. The number of aliphatic hydroxyl groups is 1. The molecule has 2 saturated heterocycles. The van der Waals surface area contributed by atoms with Crippen LogP contribution in [0.15, 0.2) is 0 Å². The normalized spacial score (nSPS) is 25.6. The molecule has 2 rings (SSSR count). The van der Waals surface area contributed by atoms with E-state index in [1.807, 2.05) is 0 Å². The molecule has 0 bridgehead atoms. The molecule has 23 heavy (non-hydrogen) atoms. The fourth-order valence-corrected chi connectivity index (χ4v) is 3.31. The molecule has 0 aromatic rings. The average Bonchev–Trinajstić information content (AvgIpc) is 2.92. The fraction of sp³-hybridized carbons (Fsp3) is 0.933. The number of urea groups is 1. The van der Waals surface area contributed by atoms with Gasteiger partial charge < -0.3 is 20.2 Å². The van der Waals surface area contributed by atoms with Crippen LogP contribution in [0.1, 0.15) is 32.6 Å². The zero-order chi connectivity index (χ0) is 17.1. The smallest absolute Gasteiger partial charge is 0.380 e. The first-order chi connectivity index (χ1) is 10.7. The van der Waals surface area contributed by atoms with E-state index in [1.165, 1.54) is 4.90 Å². The van der Waals surface area contributed by atoms with Gasteiger partial charge in [-0.25, -0.2) is 4.79 Å². The number of rotatable bonds is 4. The Kier molecular flexibility index (Phi) is 5.78. The van der Waals surface area contributed by atoms with Gasteiger partial charge in [0.1, 0.15) is 0 Å². The lowest BCUT2D eigenvalue weighted by atomic mass is 9.91. The van der Waals surface area contributed by atoms with Crippen LogP contribution < -0.4 is 5.32 Å². The van der Waals surface area contributed by atoms with Gasteiger partial charge in [0.15, 0.2) is 5.60 Å². The highest BCUT2D eigenvalue weighted by molar-refractivity contribution is 5.74. The van der Waals surface area contributed by atoms with Gasteiger partial charge in [0.2, 0.25) is 0 Å². The fourth-order valence-electron chi connectivity index (χ4n) is 3.31. The highest BCUT2D eigenvalue weighted by atomic mass is 19.4. The molecule has 0 radical (unpaired) electrons. The number of carbonyl (C=O) groups excluding carboxylic acids is 1. The van der Waals surface area contributed by atoms with Gasteiger partial charge in [0, 0.05) is 39.0 Å².